The molecular weight excluding hydrogens is 452 g/mol. The molecule has 3 unspecified atom stereocenters. The van der Waals surface area contributed by atoms with Gasteiger partial charge in [-0.3, -0.25) is 15.1 Å². The lowest BCUT2D eigenvalue weighted by Gasteiger charge is -2.29. The Morgan fingerprint density at radius 3 is 2.70 bits per heavy atom. The lowest BCUT2D eigenvalue weighted by atomic mass is 9.98. The summed E-state index contributed by atoms with van der Waals surface area (Å²) in [5, 5.41) is 1.48. The van der Waals surface area contributed by atoms with Crippen molar-refractivity contribution in [3.8, 4) is 0 Å². The molecule has 2 aromatic carbocycles. The molecule has 0 radical (unpaired) electrons. The summed E-state index contributed by atoms with van der Waals surface area (Å²) in [6.45, 7) is 6.88. The number of fused-ring (bicyclic) bond motifs is 1. The summed E-state index contributed by atoms with van der Waals surface area (Å²) >= 11 is 7.79. The van der Waals surface area contributed by atoms with Crippen molar-refractivity contribution in [1.82, 2.24) is 20.3 Å². The normalized spacial score (nSPS) is 19.3. The molecule has 0 spiro atoms. The van der Waals surface area contributed by atoms with Crippen molar-refractivity contribution in [3.63, 3.8) is 0 Å². The molecule has 5 nitrogen and oxygen atoms in total. The Bertz CT molecular complexity index is 1200. The average molecular weight is 483 g/mol. The summed E-state index contributed by atoms with van der Waals surface area (Å²) < 4.78 is 1.75. The third-order valence-electron chi connectivity index (χ3n) is 6.54. The summed E-state index contributed by atoms with van der Waals surface area (Å²) in [4.78, 5) is 16.8. The molecule has 0 bridgehead atoms. The molecule has 1 aliphatic rings. The number of likely N-dealkylation sites (N-methyl/N-ethyl adjacent to an activating group) is 1. The number of nitrogens with zero attached hydrogens (tertiary/aromatic N) is 2. The standard InChI is InChI=1S/C26H31ClN4OS/c1-17(27)15-31-25-13-22(33-4)11-10-20(25)12-21(26(31)32)16-30(3)18(2)23-14-24(29-28-23)19-8-6-5-7-9-19/h5-13,18,23-24,28-29H,1,14-16H2,2-4H3. The first kappa shape index (κ1) is 24.0. The van der Waals surface area contributed by atoms with Crippen LogP contribution >= 0.6 is 23.4 Å². The van der Waals surface area contributed by atoms with Gasteiger partial charge in [-0.2, -0.15) is 0 Å². The predicted octanol–water partition coefficient (Wildman–Crippen LogP) is 4.90. The molecule has 0 aliphatic carbocycles. The van der Waals surface area contributed by atoms with E-state index >= 15 is 0 Å². The quantitative estimate of drug-likeness (QED) is 0.447. The largest absolute Gasteiger partial charge is 0.303 e. The Morgan fingerprint density at radius 1 is 1.24 bits per heavy atom. The zero-order chi connectivity index (χ0) is 23.5. The van der Waals surface area contributed by atoms with Crippen LogP contribution in [0.1, 0.15) is 30.5 Å². The minimum absolute atomic E-state index is 0.0127. The molecule has 33 heavy (non-hydrogen) atoms. The summed E-state index contributed by atoms with van der Waals surface area (Å²) in [5.74, 6) is 0. The lowest BCUT2D eigenvalue weighted by molar-refractivity contribution is 0.204. The molecule has 0 saturated carbocycles. The zero-order valence-electron chi connectivity index (χ0n) is 19.3. The first-order valence-electron chi connectivity index (χ1n) is 11.2. The van der Waals surface area contributed by atoms with Crippen molar-refractivity contribution in [2.24, 2.45) is 0 Å². The number of nitrogens with one attached hydrogen (secondary N) is 2. The minimum atomic E-state index is -0.0127. The van der Waals surface area contributed by atoms with Crippen molar-refractivity contribution in [2.45, 2.75) is 49.5 Å². The summed E-state index contributed by atoms with van der Waals surface area (Å²) in [6, 6.07) is 19.5. The second kappa shape index (κ2) is 10.5. The first-order chi connectivity index (χ1) is 15.9. The van der Waals surface area contributed by atoms with Crippen LogP contribution in [0, 0.1) is 0 Å². The first-order valence-corrected chi connectivity index (χ1v) is 12.8. The highest BCUT2D eigenvalue weighted by Gasteiger charge is 2.31. The van der Waals surface area contributed by atoms with Gasteiger partial charge in [0.1, 0.15) is 0 Å². The number of allylic oxidation sites excluding steroid dienone is 1. The average Bonchev–Trinajstić information content (AvgIpc) is 3.31. The van der Waals surface area contributed by atoms with Crippen LogP contribution in [-0.4, -0.2) is 34.9 Å². The molecule has 4 rings (SSSR count). The maximum absolute atomic E-state index is 13.4. The second-order valence-electron chi connectivity index (χ2n) is 8.75. The van der Waals surface area contributed by atoms with Gasteiger partial charge in [0.05, 0.1) is 12.1 Å². The fourth-order valence-electron chi connectivity index (χ4n) is 4.50. The van der Waals surface area contributed by atoms with Gasteiger partial charge in [-0.05, 0) is 55.8 Å². The van der Waals surface area contributed by atoms with Crippen molar-refractivity contribution in [1.29, 1.82) is 0 Å². The second-order valence-corrected chi connectivity index (χ2v) is 10.2. The van der Waals surface area contributed by atoms with E-state index in [0.29, 0.717) is 18.1 Å². The molecule has 7 heteroatoms. The number of aromatic nitrogens is 1. The van der Waals surface area contributed by atoms with E-state index in [1.807, 2.05) is 18.4 Å². The monoisotopic (exact) mass is 482 g/mol. The van der Waals surface area contributed by atoms with Gasteiger partial charge in [-0.15, -0.1) is 11.8 Å². The van der Waals surface area contributed by atoms with Crippen molar-refractivity contribution in [2.75, 3.05) is 13.3 Å². The Hall–Kier alpha value is -2.09. The number of hydrogen-bond acceptors (Lipinski definition) is 5. The van der Waals surface area contributed by atoms with Crippen LogP contribution in [-0.2, 0) is 13.1 Å². The van der Waals surface area contributed by atoms with E-state index in [0.717, 1.165) is 27.8 Å². The number of rotatable bonds is 8. The topological polar surface area (TPSA) is 49.3 Å². The molecule has 174 valence electrons. The van der Waals surface area contributed by atoms with Crippen LogP contribution in [0.25, 0.3) is 10.9 Å². The molecule has 1 saturated heterocycles. The smallest absolute Gasteiger partial charge is 0.255 e. The van der Waals surface area contributed by atoms with Crippen molar-refractivity contribution >= 4 is 34.3 Å². The molecule has 2 heterocycles. The van der Waals surface area contributed by atoms with Gasteiger partial charge in [0.2, 0.25) is 0 Å². The Balaban J connectivity index is 1.56. The SMILES string of the molecule is C=C(Cl)Cn1c(=O)c(CN(C)C(C)C2CC(c3ccccc3)NN2)cc2ccc(SC)cc21. The number of benzene rings is 2. The molecule has 3 atom stereocenters. The van der Waals surface area contributed by atoms with Crippen molar-refractivity contribution in [3.05, 3.63) is 87.7 Å². The highest BCUT2D eigenvalue weighted by Crippen LogP contribution is 2.26. The van der Waals surface area contributed by atoms with Gasteiger partial charge in [-0.25, -0.2) is 5.43 Å². The van der Waals surface area contributed by atoms with Gasteiger partial charge in [0, 0.05) is 40.2 Å². The number of halogens is 1. The molecule has 0 amide bonds. The Kier molecular flexibility index (Phi) is 7.62. The summed E-state index contributed by atoms with van der Waals surface area (Å²) in [7, 11) is 2.08. The van der Waals surface area contributed by atoms with Crippen LogP contribution in [0.4, 0.5) is 0 Å². The lowest BCUT2D eigenvalue weighted by Crippen LogP contribution is -2.46. The summed E-state index contributed by atoms with van der Waals surface area (Å²) in [6.07, 6.45) is 3.02. The van der Waals surface area contributed by atoms with Gasteiger partial charge in [-0.1, -0.05) is 54.6 Å². The third kappa shape index (κ3) is 5.36. The zero-order valence-corrected chi connectivity index (χ0v) is 20.9. The van der Waals surface area contributed by atoms with Crippen LogP contribution in [0.15, 0.2) is 75.9 Å². The molecule has 3 aromatic rings. The van der Waals surface area contributed by atoms with Crippen molar-refractivity contribution < 1.29 is 0 Å². The molecular formula is C26H31ClN4OS. The van der Waals surface area contributed by atoms with Crippen LogP contribution < -0.4 is 16.4 Å². The van der Waals surface area contributed by atoms with E-state index in [9.17, 15) is 4.79 Å². The highest BCUT2D eigenvalue weighted by molar-refractivity contribution is 7.98. The molecule has 1 fully saturated rings. The molecule has 1 aliphatic heterocycles. The van der Waals surface area contributed by atoms with E-state index in [1.165, 1.54) is 5.56 Å². The van der Waals surface area contributed by atoms with Crippen LogP contribution in [0.2, 0.25) is 0 Å². The van der Waals surface area contributed by atoms with E-state index in [-0.39, 0.29) is 23.7 Å². The number of hydrogen-bond donors (Lipinski definition) is 2. The van der Waals surface area contributed by atoms with E-state index in [4.69, 9.17) is 11.6 Å². The predicted molar refractivity (Wildman–Crippen MR) is 140 cm³/mol. The minimum Gasteiger partial charge on any atom is -0.303 e. The highest BCUT2D eigenvalue weighted by atomic mass is 35.5. The number of thioether (sulfide) groups is 1. The van der Waals surface area contributed by atoms with E-state index < -0.39 is 0 Å². The third-order valence-corrected chi connectivity index (χ3v) is 7.38. The van der Waals surface area contributed by atoms with E-state index in [1.54, 1.807) is 16.3 Å². The number of pyridine rings is 1. The Morgan fingerprint density at radius 2 is 2.00 bits per heavy atom. The molecule has 1 aromatic heterocycles. The fourth-order valence-corrected chi connectivity index (χ4v) is 5.05. The van der Waals surface area contributed by atoms with E-state index in [2.05, 4.69) is 78.8 Å². The van der Waals surface area contributed by atoms with Gasteiger partial charge >= 0.3 is 0 Å². The maximum atomic E-state index is 13.4. The fraction of sp³-hybridized carbons (Fsp3) is 0.346. The van der Waals surface area contributed by atoms with Crippen LogP contribution in [0.3, 0.4) is 0 Å². The maximum Gasteiger partial charge on any atom is 0.255 e. The van der Waals surface area contributed by atoms with Gasteiger partial charge < -0.3 is 4.57 Å². The van der Waals surface area contributed by atoms with Gasteiger partial charge in [0.25, 0.3) is 5.56 Å². The summed E-state index contributed by atoms with van der Waals surface area (Å²) in [5.41, 5.74) is 9.81. The Labute approximate surface area is 204 Å². The van der Waals surface area contributed by atoms with Gasteiger partial charge in [0.15, 0.2) is 0 Å². The van der Waals surface area contributed by atoms with Crippen LogP contribution in [0.5, 0.6) is 0 Å². The number of hydrazine groups is 1. The molecule has 2 N–H and O–H groups in total.